The summed E-state index contributed by atoms with van der Waals surface area (Å²) in [7, 11) is 0. The first-order valence-electron chi connectivity index (χ1n) is 8.94. The van der Waals surface area contributed by atoms with E-state index in [4.69, 9.17) is 37.7 Å². The molecule has 0 aliphatic carbocycles. The van der Waals surface area contributed by atoms with Crippen LogP contribution in [0, 0.1) is 0 Å². The van der Waals surface area contributed by atoms with Crippen LogP contribution in [0.15, 0.2) is 48.5 Å². The number of hydrogen-bond donors (Lipinski definition) is 1. The molecule has 3 aromatic rings. The third-order valence-corrected chi connectivity index (χ3v) is 4.65. The van der Waals surface area contributed by atoms with Gasteiger partial charge in [0.25, 0.3) is 0 Å². The maximum atomic E-state index is 6.45. The lowest BCUT2D eigenvalue weighted by molar-refractivity contribution is -0.126. The minimum Gasteiger partial charge on any atom is -0.365 e. The molecule has 1 heterocycles. The summed E-state index contributed by atoms with van der Waals surface area (Å²) in [6.07, 6.45) is -0.327. The van der Waals surface area contributed by atoms with Crippen molar-refractivity contribution in [3.05, 3.63) is 58.6 Å². The third-order valence-electron chi connectivity index (χ3n) is 4.09. The minimum absolute atomic E-state index is 0.327. The Morgan fingerprint density at radius 3 is 2.41 bits per heavy atom. The summed E-state index contributed by atoms with van der Waals surface area (Å²) < 4.78 is 11.2. The van der Waals surface area contributed by atoms with Gasteiger partial charge in [0.1, 0.15) is 5.82 Å². The summed E-state index contributed by atoms with van der Waals surface area (Å²) in [6, 6.07) is 15.4. The van der Waals surface area contributed by atoms with Gasteiger partial charge in [-0.1, -0.05) is 41.4 Å². The summed E-state index contributed by atoms with van der Waals surface area (Å²) in [4.78, 5) is 4.70. The molecule has 0 saturated heterocycles. The Morgan fingerprint density at radius 1 is 0.963 bits per heavy atom. The van der Waals surface area contributed by atoms with Crippen molar-refractivity contribution in [1.82, 2.24) is 4.98 Å². The Morgan fingerprint density at radius 2 is 1.70 bits per heavy atom. The molecular weight excluding hydrogens is 383 g/mol. The highest BCUT2D eigenvalue weighted by molar-refractivity contribution is 6.34. The number of ether oxygens (including phenoxy) is 2. The Labute approximate surface area is 169 Å². The summed E-state index contributed by atoms with van der Waals surface area (Å²) in [5, 5.41) is 5.60. The molecule has 1 aromatic heterocycles. The number of pyridine rings is 1. The van der Waals surface area contributed by atoms with Crippen LogP contribution in [-0.4, -0.2) is 31.0 Å². The van der Waals surface area contributed by atoms with Crippen molar-refractivity contribution < 1.29 is 9.47 Å². The van der Waals surface area contributed by atoms with Gasteiger partial charge in [0.15, 0.2) is 6.29 Å². The van der Waals surface area contributed by atoms with Crippen molar-refractivity contribution in [2.75, 3.05) is 25.1 Å². The molecule has 3 rings (SSSR count). The average Bonchev–Trinajstić information content (AvgIpc) is 2.66. The number of nitrogens with one attached hydrogen (secondary N) is 1. The van der Waals surface area contributed by atoms with E-state index in [1.54, 1.807) is 0 Å². The molecule has 0 saturated carbocycles. The molecule has 1 N–H and O–H groups in total. The normalized spacial score (nSPS) is 11.3. The maximum absolute atomic E-state index is 6.45. The molecule has 0 radical (unpaired) electrons. The number of halogens is 2. The molecular formula is C21H22Cl2N2O2. The predicted molar refractivity (Wildman–Crippen MR) is 113 cm³/mol. The summed E-state index contributed by atoms with van der Waals surface area (Å²) in [6.45, 7) is 5.55. The van der Waals surface area contributed by atoms with E-state index in [1.807, 2.05) is 62.4 Å². The summed E-state index contributed by atoms with van der Waals surface area (Å²) in [5.41, 5.74) is 2.74. The first-order valence-corrected chi connectivity index (χ1v) is 9.70. The van der Waals surface area contributed by atoms with Crippen molar-refractivity contribution in [3.63, 3.8) is 0 Å². The van der Waals surface area contributed by atoms with E-state index in [0.717, 1.165) is 27.8 Å². The number of benzene rings is 2. The number of rotatable bonds is 8. The van der Waals surface area contributed by atoms with Crippen LogP contribution in [0.1, 0.15) is 13.8 Å². The number of aromatic nitrogens is 1. The van der Waals surface area contributed by atoms with E-state index >= 15 is 0 Å². The van der Waals surface area contributed by atoms with Gasteiger partial charge in [-0.05, 0) is 49.7 Å². The van der Waals surface area contributed by atoms with E-state index in [2.05, 4.69) is 5.32 Å². The topological polar surface area (TPSA) is 43.4 Å². The SMILES string of the molecule is CCOC(CNc1cc(-c2ccccc2Cl)c2cc(Cl)ccc2n1)OCC. The first-order chi connectivity index (χ1) is 13.1. The van der Waals surface area contributed by atoms with Gasteiger partial charge in [-0.15, -0.1) is 0 Å². The second-order valence-corrected chi connectivity index (χ2v) is 6.76. The standard InChI is InChI=1S/C21H22Cl2N2O2/c1-3-26-21(27-4-2)13-24-20-12-16(15-7-5-6-8-18(15)23)17-11-14(22)9-10-19(17)25-20/h5-12,21H,3-4,13H2,1-2H3,(H,24,25). The number of nitrogens with zero attached hydrogens (tertiary/aromatic N) is 1. The van der Waals surface area contributed by atoms with Crippen molar-refractivity contribution >= 4 is 39.9 Å². The number of anilines is 1. The molecule has 0 amide bonds. The van der Waals surface area contributed by atoms with E-state index < -0.39 is 0 Å². The van der Waals surface area contributed by atoms with Crippen LogP contribution in [0.25, 0.3) is 22.0 Å². The van der Waals surface area contributed by atoms with E-state index in [0.29, 0.717) is 29.8 Å². The fraction of sp³-hybridized carbons (Fsp3) is 0.286. The van der Waals surface area contributed by atoms with Crippen LogP contribution in [0.5, 0.6) is 0 Å². The summed E-state index contributed by atoms with van der Waals surface area (Å²) in [5.74, 6) is 0.726. The second kappa shape index (κ2) is 9.38. The molecule has 0 aliphatic heterocycles. The highest BCUT2D eigenvalue weighted by Crippen LogP contribution is 2.35. The van der Waals surface area contributed by atoms with Gasteiger partial charge in [-0.25, -0.2) is 4.98 Å². The minimum atomic E-state index is -0.327. The fourth-order valence-corrected chi connectivity index (χ4v) is 3.33. The van der Waals surface area contributed by atoms with E-state index in [9.17, 15) is 0 Å². The van der Waals surface area contributed by atoms with Gasteiger partial charge in [-0.2, -0.15) is 0 Å². The zero-order valence-corrected chi connectivity index (χ0v) is 16.8. The largest absolute Gasteiger partial charge is 0.365 e. The van der Waals surface area contributed by atoms with Gasteiger partial charge in [0.05, 0.1) is 12.1 Å². The zero-order chi connectivity index (χ0) is 19.2. The van der Waals surface area contributed by atoms with Crippen molar-refractivity contribution in [2.45, 2.75) is 20.1 Å². The molecule has 0 spiro atoms. The molecule has 27 heavy (non-hydrogen) atoms. The van der Waals surface area contributed by atoms with Crippen LogP contribution < -0.4 is 5.32 Å². The van der Waals surface area contributed by atoms with Crippen LogP contribution >= 0.6 is 23.2 Å². The smallest absolute Gasteiger partial charge is 0.174 e. The molecule has 0 fully saturated rings. The molecule has 0 aliphatic rings. The molecule has 0 bridgehead atoms. The lowest BCUT2D eigenvalue weighted by Gasteiger charge is -2.18. The first kappa shape index (κ1) is 19.9. The molecule has 6 heteroatoms. The van der Waals surface area contributed by atoms with Gasteiger partial charge < -0.3 is 14.8 Å². The lowest BCUT2D eigenvalue weighted by Crippen LogP contribution is -2.26. The van der Waals surface area contributed by atoms with Gasteiger partial charge in [0.2, 0.25) is 0 Å². The molecule has 142 valence electrons. The molecule has 2 aromatic carbocycles. The Hall–Kier alpha value is -1.85. The Balaban J connectivity index is 2.00. The van der Waals surface area contributed by atoms with Crippen LogP contribution in [-0.2, 0) is 9.47 Å². The highest BCUT2D eigenvalue weighted by Gasteiger charge is 2.13. The Kier molecular flexibility index (Phi) is 6.91. The highest BCUT2D eigenvalue weighted by atomic mass is 35.5. The lowest BCUT2D eigenvalue weighted by atomic mass is 10.0. The molecule has 0 atom stereocenters. The molecule has 4 nitrogen and oxygen atoms in total. The van der Waals surface area contributed by atoms with Gasteiger partial charge >= 0.3 is 0 Å². The number of fused-ring (bicyclic) bond motifs is 1. The van der Waals surface area contributed by atoms with Crippen molar-refractivity contribution in [3.8, 4) is 11.1 Å². The zero-order valence-electron chi connectivity index (χ0n) is 15.3. The third kappa shape index (κ3) is 4.90. The average molecular weight is 405 g/mol. The van der Waals surface area contributed by atoms with Gasteiger partial charge in [0, 0.05) is 34.2 Å². The molecule has 0 unspecified atom stereocenters. The van der Waals surface area contributed by atoms with Crippen molar-refractivity contribution in [2.24, 2.45) is 0 Å². The predicted octanol–water partition coefficient (Wildman–Crippen LogP) is 6.02. The van der Waals surface area contributed by atoms with Crippen LogP contribution in [0.3, 0.4) is 0 Å². The van der Waals surface area contributed by atoms with Crippen LogP contribution in [0.4, 0.5) is 5.82 Å². The Bertz CT molecular complexity index is 912. The second-order valence-electron chi connectivity index (χ2n) is 5.92. The summed E-state index contributed by atoms with van der Waals surface area (Å²) >= 11 is 12.7. The van der Waals surface area contributed by atoms with Crippen molar-refractivity contribution in [1.29, 1.82) is 0 Å². The number of hydrogen-bond acceptors (Lipinski definition) is 4. The van der Waals surface area contributed by atoms with E-state index in [1.165, 1.54) is 0 Å². The van der Waals surface area contributed by atoms with Gasteiger partial charge in [-0.3, -0.25) is 0 Å². The maximum Gasteiger partial charge on any atom is 0.174 e. The van der Waals surface area contributed by atoms with E-state index in [-0.39, 0.29) is 6.29 Å². The fourth-order valence-electron chi connectivity index (χ4n) is 2.92. The van der Waals surface area contributed by atoms with Crippen LogP contribution in [0.2, 0.25) is 10.0 Å². The monoisotopic (exact) mass is 404 g/mol. The quantitative estimate of drug-likeness (QED) is 0.466.